The third kappa shape index (κ3) is 5.99. The largest absolute Gasteiger partial charge is 0.459 e. The Labute approximate surface area is 163 Å². The molecule has 1 unspecified atom stereocenters. The summed E-state index contributed by atoms with van der Waals surface area (Å²) in [5.41, 5.74) is 0.858. The maximum atomic E-state index is 12.0. The van der Waals surface area contributed by atoms with Gasteiger partial charge in [0, 0.05) is 44.3 Å². The van der Waals surface area contributed by atoms with Crippen LogP contribution >= 0.6 is 0 Å². The van der Waals surface area contributed by atoms with E-state index in [0.29, 0.717) is 24.9 Å². The van der Waals surface area contributed by atoms with Gasteiger partial charge in [0.25, 0.3) is 5.91 Å². The van der Waals surface area contributed by atoms with Gasteiger partial charge in [-0.05, 0) is 45.8 Å². The van der Waals surface area contributed by atoms with Crippen LogP contribution in [0.15, 0.2) is 21.7 Å². The highest BCUT2D eigenvalue weighted by atomic mass is 16.3. The highest BCUT2D eigenvalue weighted by Gasteiger charge is 2.27. The first-order valence-electron chi connectivity index (χ1n) is 10.2. The Kier molecular flexibility index (Phi) is 8.64. The number of carbonyl (C=O) groups is 1. The van der Waals surface area contributed by atoms with E-state index in [9.17, 15) is 4.79 Å². The number of aliphatic imine (C=N–C) groups is 1. The number of nitrogens with zero attached hydrogens (tertiary/aromatic N) is 3. The molecule has 1 fully saturated rings. The van der Waals surface area contributed by atoms with E-state index >= 15 is 0 Å². The highest BCUT2D eigenvalue weighted by molar-refractivity contribution is 5.92. The normalized spacial score (nSPS) is 17.6. The van der Waals surface area contributed by atoms with Crippen molar-refractivity contribution in [2.75, 3.05) is 45.8 Å². The summed E-state index contributed by atoms with van der Waals surface area (Å²) in [4.78, 5) is 21.7. The Hall–Kier alpha value is -2.02. The predicted molar refractivity (Wildman–Crippen MR) is 109 cm³/mol. The molecule has 1 aliphatic heterocycles. The maximum absolute atomic E-state index is 12.0. The summed E-state index contributed by atoms with van der Waals surface area (Å²) in [5.74, 6) is 1.22. The molecule has 1 amide bonds. The van der Waals surface area contributed by atoms with Gasteiger partial charge < -0.3 is 20.0 Å². The van der Waals surface area contributed by atoms with Crippen molar-refractivity contribution in [3.05, 3.63) is 23.7 Å². The van der Waals surface area contributed by atoms with Gasteiger partial charge in [-0.3, -0.25) is 14.7 Å². The Morgan fingerprint density at radius 1 is 1.33 bits per heavy atom. The first-order chi connectivity index (χ1) is 13.1. The average molecular weight is 378 g/mol. The topological polar surface area (TPSA) is 73.1 Å². The molecule has 2 N–H and O–H groups in total. The van der Waals surface area contributed by atoms with Crippen molar-refractivity contribution >= 4 is 11.9 Å². The number of furan rings is 1. The monoisotopic (exact) mass is 377 g/mol. The Morgan fingerprint density at radius 3 is 2.74 bits per heavy atom. The third-order valence-electron chi connectivity index (χ3n) is 5.08. The molecule has 2 rings (SSSR count). The van der Waals surface area contributed by atoms with Crippen LogP contribution in [-0.4, -0.2) is 73.5 Å². The Balaban J connectivity index is 1.78. The fraction of sp³-hybridized carbons (Fsp3) is 0.700. The van der Waals surface area contributed by atoms with Gasteiger partial charge in [0.2, 0.25) is 0 Å². The number of rotatable bonds is 9. The number of nitrogens with one attached hydrogen (secondary N) is 2. The molecule has 2 heterocycles. The second-order valence-corrected chi connectivity index (χ2v) is 6.89. The van der Waals surface area contributed by atoms with Crippen LogP contribution in [-0.2, 0) is 0 Å². The van der Waals surface area contributed by atoms with Crippen LogP contribution < -0.4 is 10.6 Å². The zero-order valence-corrected chi connectivity index (χ0v) is 17.3. The van der Waals surface area contributed by atoms with E-state index < -0.39 is 0 Å². The quantitative estimate of drug-likeness (QED) is 0.392. The highest BCUT2D eigenvalue weighted by Crippen LogP contribution is 2.15. The van der Waals surface area contributed by atoms with Crippen LogP contribution in [0, 0.1) is 6.92 Å². The van der Waals surface area contributed by atoms with Gasteiger partial charge in [-0.15, -0.1) is 0 Å². The number of guanidine groups is 1. The van der Waals surface area contributed by atoms with E-state index in [0.717, 1.165) is 50.7 Å². The summed E-state index contributed by atoms with van der Waals surface area (Å²) in [6, 6.07) is 2.41. The molecular weight excluding hydrogens is 342 g/mol. The van der Waals surface area contributed by atoms with E-state index in [2.05, 4.69) is 41.2 Å². The standard InChI is InChI=1S/C20H35N5O2/c1-5-21-20(25-13-9-17(15-25)24(6-2)7-3)23-12-8-11-22-19(26)18-16(4)10-14-27-18/h10,14,17H,5-9,11-13,15H2,1-4H3,(H,21,23)(H,22,26). The zero-order valence-electron chi connectivity index (χ0n) is 17.3. The van der Waals surface area contributed by atoms with Crippen molar-refractivity contribution in [1.82, 2.24) is 20.4 Å². The molecule has 0 aromatic carbocycles. The molecule has 1 aromatic heterocycles. The summed E-state index contributed by atoms with van der Waals surface area (Å²) in [6.45, 7) is 14.8. The minimum Gasteiger partial charge on any atom is -0.459 e. The van der Waals surface area contributed by atoms with E-state index in [-0.39, 0.29) is 5.91 Å². The summed E-state index contributed by atoms with van der Waals surface area (Å²) in [5, 5.41) is 6.30. The van der Waals surface area contributed by atoms with Crippen molar-refractivity contribution < 1.29 is 9.21 Å². The molecule has 7 nitrogen and oxygen atoms in total. The summed E-state index contributed by atoms with van der Waals surface area (Å²) < 4.78 is 5.21. The number of likely N-dealkylation sites (tertiary alicyclic amines) is 1. The Bertz CT molecular complexity index is 609. The molecule has 0 spiro atoms. The van der Waals surface area contributed by atoms with Gasteiger partial charge >= 0.3 is 0 Å². The van der Waals surface area contributed by atoms with Crippen molar-refractivity contribution in [2.24, 2.45) is 4.99 Å². The van der Waals surface area contributed by atoms with E-state index in [4.69, 9.17) is 9.41 Å². The molecule has 1 saturated heterocycles. The number of hydrogen-bond acceptors (Lipinski definition) is 4. The van der Waals surface area contributed by atoms with Crippen LogP contribution in [0.2, 0.25) is 0 Å². The second-order valence-electron chi connectivity index (χ2n) is 6.89. The molecule has 1 aromatic rings. The van der Waals surface area contributed by atoms with Crippen molar-refractivity contribution in [3.63, 3.8) is 0 Å². The third-order valence-corrected chi connectivity index (χ3v) is 5.08. The number of likely N-dealkylation sites (N-methyl/N-ethyl adjacent to an activating group) is 1. The molecular formula is C20H35N5O2. The van der Waals surface area contributed by atoms with Crippen LogP contribution in [0.1, 0.15) is 49.7 Å². The van der Waals surface area contributed by atoms with Crippen LogP contribution in [0.25, 0.3) is 0 Å². The van der Waals surface area contributed by atoms with Crippen LogP contribution in [0.4, 0.5) is 0 Å². The van der Waals surface area contributed by atoms with Gasteiger partial charge in [-0.1, -0.05) is 13.8 Å². The predicted octanol–water partition coefficient (Wildman–Crippen LogP) is 2.09. The Morgan fingerprint density at radius 2 is 2.11 bits per heavy atom. The van der Waals surface area contributed by atoms with Gasteiger partial charge in [0.15, 0.2) is 11.7 Å². The molecule has 1 aliphatic rings. The molecule has 1 atom stereocenters. The van der Waals surface area contributed by atoms with E-state index in [1.54, 1.807) is 12.3 Å². The van der Waals surface area contributed by atoms with Crippen LogP contribution in [0.3, 0.4) is 0 Å². The minimum atomic E-state index is -0.157. The second kappa shape index (κ2) is 11.0. The lowest BCUT2D eigenvalue weighted by Crippen LogP contribution is -2.43. The molecule has 27 heavy (non-hydrogen) atoms. The fourth-order valence-corrected chi connectivity index (χ4v) is 3.55. The van der Waals surface area contributed by atoms with E-state index in [1.807, 2.05) is 6.92 Å². The first-order valence-corrected chi connectivity index (χ1v) is 10.2. The summed E-state index contributed by atoms with van der Waals surface area (Å²) in [6.07, 6.45) is 3.52. The minimum absolute atomic E-state index is 0.157. The first kappa shape index (κ1) is 21.3. The van der Waals surface area contributed by atoms with Gasteiger partial charge in [-0.2, -0.15) is 0 Å². The van der Waals surface area contributed by atoms with Crippen molar-refractivity contribution in [2.45, 2.75) is 46.6 Å². The molecule has 0 bridgehead atoms. The number of carbonyl (C=O) groups excluding carboxylic acids is 1. The lowest BCUT2D eigenvalue weighted by molar-refractivity contribution is 0.0925. The number of aryl methyl sites for hydroxylation is 1. The zero-order chi connectivity index (χ0) is 19.6. The number of amides is 1. The fourth-order valence-electron chi connectivity index (χ4n) is 3.55. The maximum Gasteiger partial charge on any atom is 0.287 e. The molecule has 0 saturated carbocycles. The lowest BCUT2D eigenvalue weighted by atomic mass is 10.2. The van der Waals surface area contributed by atoms with Crippen molar-refractivity contribution in [1.29, 1.82) is 0 Å². The van der Waals surface area contributed by atoms with Gasteiger partial charge in [0.1, 0.15) is 0 Å². The summed E-state index contributed by atoms with van der Waals surface area (Å²) >= 11 is 0. The summed E-state index contributed by atoms with van der Waals surface area (Å²) in [7, 11) is 0. The smallest absolute Gasteiger partial charge is 0.287 e. The van der Waals surface area contributed by atoms with Gasteiger partial charge in [-0.25, -0.2) is 0 Å². The SMILES string of the molecule is CCNC(=NCCCNC(=O)c1occc1C)N1CCC(N(CC)CC)C1. The number of hydrogen-bond donors (Lipinski definition) is 2. The lowest BCUT2D eigenvalue weighted by Gasteiger charge is -2.27. The van der Waals surface area contributed by atoms with E-state index in [1.165, 1.54) is 6.42 Å². The van der Waals surface area contributed by atoms with Crippen LogP contribution in [0.5, 0.6) is 0 Å². The molecule has 152 valence electrons. The van der Waals surface area contributed by atoms with Crippen molar-refractivity contribution in [3.8, 4) is 0 Å². The average Bonchev–Trinajstić information content (AvgIpc) is 3.31. The molecule has 7 heteroatoms. The van der Waals surface area contributed by atoms with Gasteiger partial charge in [0.05, 0.1) is 6.26 Å². The molecule has 0 radical (unpaired) electrons. The molecule has 0 aliphatic carbocycles.